The number of nitrogens with one attached hydrogen (secondary N) is 1. The van der Waals surface area contributed by atoms with E-state index in [2.05, 4.69) is 5.32 Å². The highest BCUT2D eigenvalue weighted by atomic mass is 16.5. The van der Waals surface area contributed by atoms with Crippen LogP contribution in [0.3, 0.4) is 0 Å². The second-order valence-electron chi connectivity index (χ2n) is 3.83. The van der Waals surface area contributed by atoms with E-state index in [0.29, 0.717) is 25.4 Å². The van der Waals surface area contributed by atoms with E-state index in [4.69, 9.17) is 15.2 Å². The summed E-state index contributed by atoms with van der Waals surface area (Å²) in [5.74, 6) is -0.264. The SMILES string of the molecule is CCOC(=O)CNCc1c(N)cccc1COC. The lowest BCUT2D eigenvalue weighted by Gasteiger charge is -2.12. The fourth-order valence-electron chi connectivity index (χ4n) is 1.66. The van der Waals surface area contributed by atoms with Crippen LogP contribution in [-0.4, -0.2) is 26.2 Å². The van der Waals surface area contributed by atoms with Crippen molar-refractivity contribution < 1.29 is 14.3 Å². The summed E-state index contributed by atoms with van der Waals surface area (Å²) in [6.07, 6.45) is 0. The Hall–Kier alpha value is -1.59. The molecule has 0 atom stereocenters. The predicted molar refractivity (Wildman–Crippen MR) is 69.9 cm³/mol. The molecule has 100 valence electrons. The lowest BCUT2D eigenvalue weighted by Crippen LogP contribution is -2.25. The van der Waals surface area contributed by atoms with E-state index in [-0.39, 0.29) is 12.5 Å². The molecule has 0 aromatic heterocycles. The Balaban J connectivity index is 2.57. The van der Waals surface area contributed by atoms with Crippen LogP contribution in [0.2, 0.25) is 0 Å². The Bertz CT molecular complexity index is 394. The van der Waals surface area contributed by atoms with Gasteiger partial charge in [0.1, 0.15) is 0 Å². The smallest absolute Gasteiger partial charge is 0.319 e. The number of hydrogen-bond donors (Lipinski definition) is 2. The molecule has 1 rings (SSSR count). The van der Waals surface area contributed by atoms with Crippen molar-refractivity contribution in [1.82, 2.24) is 5.32 Å². The van der Waals surface area contributed by atoms with Crippen molar-refractivity contribution >= 4 is 11.7 Å². The van der Waals surface area contributed by atoms with Crippen LogP contribution >= 0.6 is 0 Å². The van der Waals surface area contributed by atoms with Gasteiger partial charge < -0.3 is 20.5 Å². The van der Waals surface area contributed by atoms with Crippen LogP contribution in [0, 0.1) is 0 Å². The van der Waals surface area contributed by atoms with Crippen LogP contribution in [0.25, 0.3) is 0 Å². The van der Waals surface area contributed by atoms with Crippen LogP contribution in [-0.2, 0) is 27.4 Å². The number of anilines is 1. The molecule has 0 aliphatic heterocycles. The van der Waals surface area contributed by atoms with Gasteiger partial charge in [-0.1, -0.05) is 12.1 Å². The molecule has 0 unspecified atom stereocenters. The standard InChI is InChI=1S/C13H20N2O3/c1-3-18-13(16)8-15-7-11-10(9-17-2)5-4-6-12(11)14/h4-6,15H,3,7-9,14H2,1-2H3. The van der Waals surface area contributed by atoms with Gasteiger partial charge in [0, 0.05) is 19.3 Å². The Labute approximate surface area is 107 Å². The Kier molecular flexibility index (Phi) is 6.18. The maximum absolute atomic E-state index is 11.2. The van der Waals surface area contributed by atoms with Gasteiger partial charge in [-0.25, -0.2) is 0 Å². The molecule has 5 nitrogen and oxygen atoms in total. The zero-order chi connectivity index (χ0) is 13.4. The summed E-state index contributed by atoms with van der Waals surface area (Å²) in [6.45, 7) is 3.37. The summed E-state index contributed by atoms with van der Waals surface area (Å²) < 4.78 is 9.94. The first-order valence-electron chi connectivity index (χ1n) is 5.90. The van der Waals surface area contributed by atoms with E-state index in [1.165, 1.54) is 0 Å². The maximum atomic E-state index is 11.2. The lowest BCUT2D eigenvalue weighted by atomic mass is 10.1. The van der Waals surface area contributed by atoms with Gasteiger partial charge in [-0.3, -0.25) is 4.79 Å². The van der Waals surface area contributed by atoms with Gasteiger partial charge in [0.25, 0.3) is 0 Å². The Morgan fingerprint density at radius 2 is 2.22 bits per heavy atom. The number of esters is 1. The summed E-state index contributed by atoms with van der Waals surface area (Å²) in [5, 5.41) is 3.02. The van der Waals surface area contributed by atoms with Crippen LogP contribution in [0.15, 0.2) is 18.2 Å². The molecule has 0 radical (unpaired) electrons. The normalized spacial score (nSPS) is 10.3. The summed E-state index contributed by atoms with van der Waals surface area (Å²) in [4.78, 5) is 11.2. The first-order chi connectivity index (χ1) is 8.69. The van der Waals surface area contributed by atoms with Crippen molar-refractivity contribution in [2.45, 2.75) is 20.1 Å². The molecule has 0 saturated carbocycles. The molecule has 0 heterocycles. The average Bonchev–Trinajstić information content (AvgIpc) is 2.33. The van der Waals surface area contributed by atoms with E-state index in [1.807, 2.05) is 18.2 Å². The Morgan fingerprint density at radius 3 is 2.89 bits per heavy atom. The molecule has 3 N–H and O–H groups in total. The quantitative estimate of drug-likeness (QED) is 0.561. The highest BCUT2D eigenvalue weighted by molar-refractivity contribution is 5.71. The fourth-order valence-corrected chi connectivity index (χ4v) is 1.66. The largest absolute Gasteiger partial charge is 0.465 e. The number of hydrogen-bond acceptors (Lipinski definition) is 5. The lowest BCUT2D eigenvalue weighted by molar-refractivity contribution is -0.142. The second-order valence-corrected chi connectivity index (χ2v) is 3.83. The monoisotopic (exact) mass is 252 g/mol. The molecule has 18 heavy (non-hydrogen) atoms. The molecule has 0 aliphatic rings. The molecule has 0 fully saturated rings. The average molecular weight is 252 g/mol. The van der Waals surface area contributed by atoms with Gasteiger partial charge in [-0.15, -0.1) is 0 Å². The van der Waals surface area contributed by atoms with Crippen molar-refractivity contribution in [2.75, 3.05) is 26.0 Å². The predicted octanol–water partition coefficient (Wildman–Crippen LogP) is 1.07. The van der Waals surface area contributed by atoms with Gasteiger partial charge in [0.05, 0.1) is 19.8 Å². The van der Waals surface area contributed by atoms with Crippen molar-refractivity contribution in [2.24, 2.45) is 0 Å². The number of benzene rings is 1. The van der Waals surface area contributed by atoms with Gasteiger partial charge in [-0.2, -0.15) is 0 Å². The zero-order valence-corrected chi connectivity index (χ0v) is 10.9. The van der Waals surface area contributed by atoms with E-state index in [9.17, 15) is 4.79 Å². The molecule has 1 aromatic rings. The minimum Gasteiger partial charge on any atom is -0.465 e. The Morgan fingerprint density at radius 1 is 1.44 bits per heavy atom. The molecule has 0 saturated heterocycles. The molecule has 0 amide bonds. The number of nitrogen functional groups attached to an aromatic ring is 1. The molecule has 5 heteroatoms. The summed E-state index contributed by atoms with van der Waals surface area (Å²) in [5.41, 5.74) is 8.59. The number of rotatable bonds is 7. The topological polar surface area (TPSA) is 73.6 Å². The second kappa shape index (κ2) is 7.68. The first-order valence-corrected chi connectivity index (χ1v) is 5.90. The van der Waals surface area contributed by atoms with Gasteiger partial charge in [0.2, 0.25) is 0 Å². The molecular weight excluding hydrogens is 232 g/mol. The molecule has 0 aliphatic carbocycles. The minimum atomic E-state index is -0.264. The molecule has 0 bridgehead atoms. The van der Waals surface area contributed by atoms with Crippen LogP contribution < -0.4 is 11.1 Å². The highest BCUT2D eigenvalue weighted by Gasteiger charge is 2.07. The van der Waals surface area contributed by atoms with Crippen LogP contribution in [0.4, 0.5) is 5.69 Å². The third-order valence-corrected chi connectivity index (χ3v) is 2.49. The number of carbonyl (C=O) groups excluding carboxylic acids is 1. The van der Waals surface area contributed by atoms with Crippen molar-refractivity contribution in [3.8, 4) is 0 Å². The van der Waals surface area contributed by atoms with Gasteiger partial charge in [0.15, 0.2) is 0 Å². The van der Waals surface area contributed by atoms with Gasteiger partial charge in [-0.05, 0) is 24.1 Å². The summed E-state index contributed by atoms with van der Waals surface area (Å²) in [6, 6.07) is 5.68. The fraction of sp³-hybridized carbons (Fsp3) is 0.462. The van der Waals surface area contributed by atoms with Crippen molar-refractivity contribution in [3.63, 3.8) is 0 Å². The van der Waals surface area contributed by atoms with Crippen molar-refractivity contribution in [3.05, 3.63) is 29.3 Å². The number of ether oxygens (including phenoxy) is 2. The third kappa shape index (κ3) is 4.35. The van der Waals surface area contributed by atoms with Gasteiger partial charge >= 0.3 is 5.97 Å². The maximum Gasteiger partial charge on any atom is 0.319 e. The summed E-state index contributed by atoms with van der Waals surface area (Å²) in [7, 11) is 1.64. The van der Waals surface area contributed by atoms with Crippen molar-refractivity contribution in [1.29, 1.82) is 0 Å². The summed E-state index contributed by atoms with van der Waals surface area (Å²) >= 11 is 0. The van der Waals surface area contributed by atoms with Crippen LogP contribution in [0.1, 0.15) is 18.1 Å². The van der Waals surface area contributed by atoms with E-state index in [1.54, 1.807) is 14.0 Å². The van der Waals surface area contributed by atoms with Crippen LogP contribution in [0.5, 0.6) is 0 Å². The minimum absolute atomic E-state index is 0.175. The number of carbonyl (C=O) groups is 1. The molecule has 0 spiro atoms. The van der Waals surface area contributed by atoms with E-state index >= 15 is 0 Å². The molecule has 1 aromatic carbocycles. The highest BCUT2D eigenvalue weighted by Crippen LogP contribution is 2.17. The molecular formula is C13H20N2O3. The van der Waals surface area contributed by atoms with E-state index in [0.717, 1.165) is 11.1 Å². The first kappa shape index (κ1) is 14.5. The van der Waals surface area contributed by atoms with E-state index < -0.39 is 0 Å². The number of methoxy groups -OCH3 is 1. The zero-order valence-electron chi connectivity index (χ0n) is 10.9. The third-order valence-electron chi connectivity index (χ3n) is 2.49. The number of nitrogens with two attached hydrogens (primary N) is 1.